The number of aromatic nitrogens is 1. The Morgan fingerprint density at radius 2 is 2.27 bits per heavy atom. The molecule has 1 atom stereocenters. The molecule has 0 unspecified atom stereocenters. The summed E-state index contributed by atoms with van der Waals surface area (Å²) >= 11 is 1.75. The van der Waals surface area contributed by atoms with Crippen LogP contribution in [0.4, 0.5) is 0 Å². The molecule has 0 spiro atoms. The van der Waals surface area contributed by atoms with E-state index in [1.54, 1.807) is 11.3 Å². The molecule has 1 amide bonds. The Morgan fingerprint density at radius 3 is 3.00 bits per heavy atom. The van der Waals surface area contributed by atoms with E-state index < -0.39 is 0 Å². The van der Waals surface area contributed by atoms with Gasteiger partial charge in [-0.15, -0.1) is 11.3 Å². The van der Waals surface area contributed by atoms with Crippen LogP contribution in [0.3, 0.4) is 0 Å². The summed E-state index contributed by atoms with van der Waals surface area (Å²) in [6.45, 7) is 7.41. The van der Waals surface area contributed by atoms with Gasteiger partial charge in [-0.25, -0.2) is 4.98 Å². The smallest absolute Gasteiger partial charge is 0.251 e. The number of aryl methyl sites for hydroxylation is 1. The first-order valence-electron chi connectivity index (χ1n) is 8.32. The second kappa shape index (κ2) is 7.53. The van der Waals surface area contributed by atoms with Crippen LogP contribution < -0.4 is 0 Å². The number of carbonyl (C=O) groups excluding carboxylic acids is 1. The van der Waals surface area contributed by atoms with E-state index in [0.717, 1.165) is 65.0 Å². The Balaban J connectivity index is 1.52. The molecule has 2 fully saturated rings. The highest BCUT2D eigenvalue weighted by atomic mass is 32.1. The van der Waals surface area contributed by atoms with Crippen LogP contribution in [0.5, 0.6) is 0 Å². The van der Waals surface area contributed by atoms with Crippen LogP contribution in [0.1, 0.15) is 36.9 Å². The minimum Gasteiger partial charge on any atom is -0.368 e. The molecule has 0 saturated carbocycles. The first-order valence-corrected chi connectivity index (χ1v) is 9.20. The van der Waals surface area contributed by atoms with E-state index in [2.05, 4.69) is 22.2 Å². The zero-order valence-electron chi connectivity index (χ0n) is 13.3. The van der Waals surface area contributed by atoms with Gasteiger partial charge < -0.3 is 9.64 Å². The Bertz CT molecular complexity index is 499. The van der Waals surface area contributed by atoms with Crippen molar-refractivity contribution in [2.24, 2.45) is 0 Å². The van der Waals surface area contributed by atoms with Crippen molar-refractivity contribution in [1.29, 1.82) is 0 Å². The summed E-state index contributed by atoms with van der Waals surface area (Å²) in [5.41, 5.74) is 1.17. The lowest BCUT2D eigenvalue weighted by molar-refractivity contribution is -0.140. The number of hydrogen-bond donors (Lipinski definition) is 0. The fourth-order valence-electron chi connectivity index (χ4n) is 3.14. The Labute approximate surface area is 136 Å². The van der Waals surface area contributed by atoms with Crippen molar-refractivity contribution < 1.29 is 9.53 Å². The predicted molar refractivity (Wildman–Crippen MR) is 86.9 cm³/mol. The quantitative estimate of drug-likeness (QED) is 0.849. The van der Waals surface area contributed by atoms with E-state index in [9.17, 15) is 4.79 Å². The van der Waals surface area contributed by atoms with Gasteiger partial charge in [0.2, 0.25) is 0 Å². The first-order chi connectivity index (χ1) is 10.8. The maximum absolute atomic E-state index is 12.4. The molecule has 22 heavy (non-hydrogen) atoms. The first kappa shape index (κ1) is 15.9. The van der Waals surface area contributed by atoms with Gasteiger partial charge in [0, 0.05) is 44.7 Å². The van der Waals surface area contributed by atoms with Crippen molar-refractivity contribution in [3.8, 4) is 0 Å². The van der Waals surface area contributed by atoms with E-state index in [4.69, 9.17) is 4.74 Å². The second-order valence-corrected chi connectivity index (χ2v) is 6.99. The number of carbonyl (C=O) groups is 1. The molecule has 6 heteroatoms. The number of thiazole rings is 1. The molecule has 3 rings (SSSR count). The van der Waals surface area contributed by atoms with Crippen LogP contribution in [0.15, 0.2) is 5.38 Å². The van der Waals surface area contributed by atoms with E-state index in [-0.39, 0.29) is 12.0 Å². The van der Waals surface area contributed by atoms with E-state index in [1.807, 2.05) is 4.90 Å². The summed E-state index contributed by atoms with van der Waals surface area (Å²) in [5, 5.41) is 3.37. The SMILES string of the molecule is CCc1nc(CN2CCCN(C(=O)[C@H]3CCCO3)CC2)cs1. The zero-order valence-corrected chi connectivity index (χ0v) is 14.1. The van der Waals surface area contributed by atoms with Crippen LogP contribution in [0.25, 0.3) is 0 Å². The molecular weight excluding hydrogens is 298 g/mol. The lowest BCUT2D eigenvalue weighted by Gasteiger charge is -2.24. The molecule has 3 heterocycles. The van der Waals surface area contributed by atoms with Crippen LogP contribution in [0.2, 0.25) is 0 Å². The molecule has 122 valence electrons. The number of ether oxygens (including phenoxy) is 1. The minimum atomic E-state index is -0.183. The van der Waals surface area contributed by atoms with Crippen molar-refractivity contribution in [2.75, 3.05) is 32.8 Å². The third-order valence-corrected chi connectivity index (χ3v) is 5.43. The van der Waals surface area contributed by atoms with Gasteiger partial charge >= 0.3 is 0 Å². The predicted octanol–water partition coefficient (Wildman–Crippen LogP) is 1.92. The van der Waals surface area contributed by atoms with Crippen molar-refractivity contribution >= 4 is 17.2 Å². The lowest BCUT2D eigenvalue weighted by Crippen LogP contribution is -2.41. The van der Waals surface area contributed by atoms with Gasteiger partial charge in [0.1, 0.15) is 6.10 Å². The molecule has 1 aromatic heterocycles. The third-order valence-electron chi connectivity index (χ3n) is 4.39. The van der Waals surface area contributed by atoms with Gasteiger partial charge in [-0.3, -0.25) is 9.69 Å². The maximum atomic E-state index is 12.4. The Kier molecular flexibility index (Phi) is 5.44. The summed E-state index contributed by atoms with van der Waals surface area (Å²) in [7, 11) is 0. The van der Waals surface area contributed by atoms with Gasteiger partial charge in [0.25, 0.3) is 5.91 Å². The summed E-state index contributed by atoms with van der Waals surface area (Å²) in [5.74, 6) is 0.196. The standard InChI is InChI=1S/C16H25N3O2S/c1-2-15-17-13(12-22-15)11-18-6-4-7-19(9-8-18)16(20)14-5-3-10-21-14/h12,14H,2-11H2,1H3/t14-/m1/s1. The van der Waals surface area contributed by atoms with Crippen molar-refractivity contribution in [3.05, 3.63) is 16.1 Å². The zero-order chi connectivity index (χ0) is 15.4. The minimum absolute atomic E-state index is 0.183. The highest BCUT2D eigenvalue weighted by Crippen LogP contribution is 2.17. The monoisotopic (exact) mass is 323 g/mol. The molecule has 0 aliphatic carbocycles. The number of rotatable bonds is 4. The molecule has 2 aliphatic heterocycles. The molecule has 0 bridgehead atoms. The van der Waals surface area contributed by atoms with Crippen LogP contribution >= 0.6 is 11.3 Å². The lowest BCUT2D eigenvalue weighted by atomic mass is 10.2. The van der Waals surface area contributed by atoms with Gasteiger partial charge in [-0.05, 0) is 25.7 Å². The largest absolute Gasteiger partial charge is 0.368 e. The fraction of sp³-hybridized carbons (Fsp3) is 0.750. The summed E-state index contributed by atoms with van der Waals surface area (Å²) < 4.78 is 5.53. The second-order valence-electron chi connectivity index (χ2n) is 6.04. The molecular formula is C16H25N3O2S. The molecule has 2 saturated heterocycles. The van der Waals surface area contributed by atoms with Crippen molar-refractivity contribution in [3.63, 3.8) is 0 Å². The molecule has 1 aromatic rings. The molecule has 2 aliphatic rings. The summed E-state index contributed by atoms with van der Waals surface area (Å²) in [4.78, 5) is 21.5. The topological polar surface area (TPSA) is 45.7 Å². The number of hydrogen-bond acceptors (Lipinski definition) is 5. The Hall–Kier alpha value is -0.980. The summed E-state index contributed by atoms with van der Waals surface area (Å²) in [6.07, 6.45) is 3.76. The molecule has 0 aromatic carbocycles. The van der Waals surface area contributed by atoms with Crippen molar-refractivity contribution in [1.82, 2.24) is 14.8 Å². The van der Waals surface area contributed by atoms with Crippen LogP contribution in [0, 0.1) is 0 Å². The highest BCUT2D eigenvalue weighted by Gasteiger charge is 2.29. The van der Waals surface area contributed by atoms with Crippen molar-refractivity contribution in [2.45, 2.75) is 45.3 Å². The number of amides is 1. The van der Waals surface area contributed by atoms with E-state index in [1.165, 1.54) is 10.7 Å². The summed E-state index contributed by atoms with van der Waals surface area (Å²) in [6, 6.07) is 0. The Morgan fingerprint density at radius 1 is 1.36 bits per heavy atom. The van der Waals surface area contributed by atoms with Crippen LogP contribution in [-0.2, 0) is 22.5 Å². The third kappa shape index (κ3) is 3.86. The number of nitrogens with zero attached hydrogens (tertiary/aromatic N) is 3. The van der Waals surface area contributed by atoms with Gasteiger partial charge in [-0.1, -0.05) is 6.92 Å². The highest BCUT2D eigenvalue weighted by molar-refractivity contribution is 7.09. The van der Waals surface area contributed by atoms with Gasteiger partial charge in [0.05, 0.1) is 10.7 Å². The van der Waals surface area contributed by atoms with Gasteiger partial charge in [-0.2, -0.15) is 0 Å². The molecule has 0 N–H and O–H groups in total. The molecule has 5 nitrogen and oxygen atoms in total. The van der Waals surface area contributed by atoms with E-state index in [0.29, 0.717) is 0 Å². The normalized spacial score (nSPS) is 23.7. The average Bonchev–Trinajstić information content (AvgIpc) is 3.16. The van der Waals surface area contributed by atoms with Gasteiger partial charge in [0.15, 0.2) is 0 Å². The fourth-order valence-corrected chi connectivity index (χ4v) is 3.87. The average molecular weight is 323 g/mol. The van der Waals surface area contributed by atoms with Crippen LogP contribution in [-0.4, -0.2) is 59.6 Å². The molecule has 0 radical (unpaired) electrons. The maximum Gasteiger partial charge on any atom is 0.251 e. The van der Waals surface area contributed by atoms with E-state index >= 15 is 0 Å².